The van der Waals surface area contributed by atoms with E-state index in [9.17, 15) is 0 Å². The Bertz CT molecular complexity index is 503. The molecular formula is C14H16O. The molecule has 1 nitrogen and oxygen atoms in total. The van der Waals surface area contributed by atoms with Crippen molar-refractivity contribution < 1.29 is 4.42 Å². The Balaban J connectivity index is 0.000000404. The fraction of sp³-hybridized carbons (Fsp3) is 0.286. The van der Waals surface area contributed by atoms with Crippen molar-refractivity contribution in [2.75, 3.05) is 0 Å². The first-order valence-corrected chi connectivity index (χ1v) is 5.54. The number of rotatable bonds is 0. The van der Waals surface area contributed by atoms with Gasteiger partial charge in [-0.25, -0.2) is 0 Å². The summed E-state index contributed by atoms with van der Waals surface area (Å²) in [7, 11) is 0. The summed E-state index contributed by atoms with van der Waals surface area (Å²) in [6.07, 6.45) is 3.25. The van der Waals surface area contributed by atoms with Crippen LogP contribution in [0.1, 0.15) is 32.1 Å². The number of allylic oxidation sites excluding steroid dienone is 2. The summed E-state index contributed by atoms with van der Waals surface area (Å²) in [4.78, 5) is 0. The van der Waals surface area contributed by atoms with E-state index in [2.05, 4.69) is 25.1 Å². The Labute approximate surface area is 90.4 Å². The maximum Gasteiger partial charge on any atom is 0.135 e. The van der Waals surface area contributed by atoms with Gasteiger partial charge in [-0.05, 0) is 25.0 Å². The largest absolute Gasteiger partial charge is 0.456 e. The first kappa shape index (κ1) is 10.0. The van der Waals surface area contributed by atoms with Crippen LogP contribution in [-0.2, 0) is 6.42 Å². The average Bonchev–Trinajstić information content (AvgIpc) is 2.82. The fourth-order valence-corrected chi connectivity index (χ4v) is 1.97. The average molecular weight is 200 g/mol. The highest BCUT2D eigenvalue weighted by Crippen LogP contribution is 2.35. The first-order valence-electron chi connectivity index (χ1n) is 5.54. The van der Waals surface area contributed by atoms with Gasteiger partial charge in [-0.15, -0.1) is 0 Å². The molecule has 0 unspecified atom stereocenters. The summed E-state index contributed by atoms with van der Waals surface area (Å²) < 4.78 is 5.75. The van der Waals surface area contributed by atoms with E-state index in [4.69, 9.17) is 4.42 Å². The van der Waals surface area contributed by atoms with Gasteiger partial charge in [0.1, 0.15) is 11.3 Å². The van der Waals surface area contributed by atoms with E-state index in [0.717, 1.165) is 17.8 Å². The highest BCUT2D eigenvalue weighted by Gasteiger charge is 2.18. The predicted molar refractivity (Wildman–Crippen MR) is 64.9 cm³/mol. The molecule has 78 valence electrons. The third-order valence-electron chi connectivity index (χ3n) is 2.67. The summed E-state index contributed by atoms with van der Waals surface area (Å²) in [5.74, 6) is 1.08. The van der Waals surface area contributed by atoms with Crippen LogP contribution in [0.3, 0.4) is 0 Å². The Kier molecular flexibility index (Phi) is 2.63. The van der Waals surface area contributed by atoms with Crippen molar-refractivity contribution in [3.63, 3.8) is 0 Å². The maximum absolute atomic E-state index is 5.75. The van der Waals surface area contributed by atoms with Gasteiger partial charge in [-0.3, -0.25) is 0 Å². The van der Waals surface area contributed by atoms with Crippen LogP contribution in [0, 0.1) is 0 Å². The lowest BCUT2D eigenvalue weighted by Crippen LogP contribution is -1.74. The molecule has 1 aromatic heterocycles. The number of fused-ring (bicyclic) bond motifs is 3. The zero-order chi connectivity index (χ0) is 10.8. The summed E-state index contributed by atoms with van der Waals surface area (Å²) >= 11 is 0. The molecule has 0 bridgehead atoms. The molecule has 3 rings (SSSR count). The Morgan fingerprint density at radius 2 is 1.87 bits per heavy atom. The van der Waals surface area contributed by atoms with Gasteiger partial charge in [0.05, 0.1) is 0 Å². The van der Waals surface area contributed by atoms with Crippen molar-refractivity contribution in [3.05, 3.63) is 41.7 Å². The van der Waals surface area contributed by atoms with Crippen LogP contribution in [0.25, 0.3) is 16.5 Å². The van der Waals surface area contributed by atoms with Crippen LogP contribution in [0.5, 0.6) is 0 Å². The lowest BCUT2D eigenvalue weighted by atomic mass is 10.1. The van der Waals surface area contributed by atoms with Crippen molar-refractivity contribution in [1.29, 1.82) is 0 Å². The number of furan rings is 1. The number of hydrogen-bond donors (Lipinski definition) is 0. The molecule has 1 aliphatic rings. The second-order valence-electron chi connectivity index (χ2n) is 3.50. The van der Waals surface area contributed by atoms with E-state index < -0.39 is 0 Å². The van der Waals surface area contributed by atoms with Crippen LogP contribution >= 0.6 is 0 Å². The van der Waals surface area contributed by atoms with E-state index >= 15 is 0 Å². The molecular weight excluding hydrogens is 184 g/mol. The molecule has 2 aromatic rings. The summed E-state index contributed by atoms with van der Waals surface area (Å²) in [5, 5.41) is 1.27. The van der Waals surface area contributed by atoms with Gasteiger partial charge in [0, 0.05) is 10.9 Å². The Hall–Kier alpha value is -1.50. The minimum Gasteiger partial charge on any atom is -0.456 e. The predicted octanol–water partition coefficient (Wildman–Crippen LogP) is 4.42. The normalized spacial score (nSPS) is 13.1. The maximum atomic E-state index is 5.75. The van der Waals surface area contributed by atoms with Crippen molar-refractivity contribution in [1.82, 2.24) is 0 Å². The van der Waals surface area contributed by atoms with Crippen LogP contribution in [0.2, 0.25) is 0 Å². The number of hydrogen-bond acceptors (Lipinski definition) is 1. The fourth-order valence-electron chi connectivity index (χ4n) is 1.97. The Morgan fingerprint density at radius 3 is 2.67 bits per heavy atom. The van der Waals surface area contributed by atoms with Crippen molar-refractivity contribution in [3.8, 4) is 0 Å². The summed E-state index contributed by atoms with van der Waals surface area (Å²) in [6.45, 7) is 6.11. The van der Waals surface area contributed by atoms with Gasteiger partial charge in [-0.2, -0.15) is 0 Å². The SMILES string of the molecule is CC.CC1=CCc2c1oc1ccccc21. The van der Waals surface area contributed by atoms with Crippen LogP contribution < -0.4 is 0 Å². The first-order chi connectivity index (χ1) is 7.36. The number of benzene rings is 1. The summed E-state index contributed by atoms with van der Waals surface area (Å²) in [6, 6.07) is 8.23. The van der Waals surface area contributed by atoms with E-state index in [1.165, 1.54) is 16.5 Å². The molecule has 0 amide bonds. The summed E-state index contributed by atoms with van der Waals surface area (Å²) in [5.41, 5.74) is 3.64. The molecule has 0 N–H and O–H groups in total. The van der Waals surface area contributed by atoms with Crippen molar-refractivity contribution >= 4 is 16.5 Å². The topological polar surface area (TPSA) is 13.1 Å². The number of para-hydroxylation sites is 1. The molecule has 0 aliphatic heterocycles. The van der Waals surface area contributed by atoms with Crippen LogP contribution in [-0.4, -0.2) is 0 Å². The third-order valence-corrected chi connectivity index (χ3v) is 2.67. The van der Waals surface area contributed by atoms with Gasteiger partial charge >= 0.3 is 0 Å². The minimum absolute atomic E-state index is 1.01. The van der Waals surface area contributed by atoms with Crippen LogP contribution in [0.15, 0.2) is 34.8 Å². The molecule has 1 heterocycles. The molecule has 0 radical (unpaired) electrons. The lowest BCUT2D eigenvalue weighted by molar-refractivity contribution is 0.598. The molecule has 1 heteroatoms. The monoisotopic (exact) mass is 200 g/mol. The van der Waals surface area contributed by atoms with Gasteiger partial charge < -0.3 is 4.42 Å². The van der Waals surface area contributed by atoms with Gasteiger partial charge in [0.25, 0.3) is 0 Å². The van der Waals surface area contributed by atoms with E-state index in [1.54, 1.807) is 0 Å². The quantitative estimate of drug-likeness (QED) is 0.613. The van der Waals surface area contributed by atoms with Gasteiger partial charge in [0.15, 0.2) is 0 Å². The Morgan fingerprint density at radius 1 is 1.13 bits per heavy atom. The molecule has 15 heavy (non-hydrogen) atoms. The molecule has 0 spiro atoms. The van der Waals surface area contributed by atoms with Crippen molar-refractivity contribution in [2.24, 2.45) is 0 Å². The molecule has 1 aromatic carbocycles. The van der Waals surface area contributed by atoms with E-state index in [-0.39, 0.29) is 0 Å². The second kappa shape index (κ2) is 3.93. The molecule has 0 atom stereocenters. The smallest absolute Gasteiger partial charge is 0.135 e. The van der Waals surface area contributed by atoms with Gasteiger partial charge in [-0.1, -0.05) is 38.1 Å². The van der Waals surface area contributed by atoms with Gasteiger partial charge in [0.2, 0.25) is 0 Å². The minimum atomic E-state index is 1.01. The highest BCUT2D eigenvalue weighted by atomic mass is 16.3. The van der Waals surface area contributed by atoms with Crippen molar-refractivity contribution in [2.45, 2.75) is 27.2 Å². The lowest BCUT2D eigenvalue weighted by Gasteiger charge is -1.87. The second-order valence-corrected chi connectivity index (χ2v) is 3.50. The zero-order valence-electron chi connectivity index (χ0n) is 9.50. The highest BCUT2D eigenvalue weighted by molar-refractivity contribution is 5.88. The zero-order valence-corrected chi connectivity index (χ0v) is 9.50. The third kappa shape index (κ3) is 1.48. The molecule has 0 saturated heterocycles. The molecule has 0 saturated carbocycles. The van der Waals surface area contributed by atoms with E-state index in [1.807, 2.05) is 26.0 Å². The van der Waals surface area contributed by atoms with Crippen LogP contribution in [0.4, 0.5) is 0 Å². The standard InChI is InChI=1S/C12H10O.C2H6/c1-8-6-7-10-9-4-2-3-5-11(9)13-12(8)10;1-2/h2-6H,7H2,1H3;1-2H3. The molecule has 1 aliphatic carbocycles. The molecule has 0 fully saturated rings. The van der Waals surface area contributed by atoms with E-state index in [0.29, 0.717) is 0 Å².